The van der Waals surface area contributed by atoms with E-state index in [1.807, 2.05) is 6.07 Å². The van der Waals surface area contributed by atoms with E-state index in [1.165, 1.54) is 30.7 Å². The zero-order valence-electron chi connectivity index (χ0n) is 20.5. The molecule has 0 amide bonds. The van der Waals surface area contributed by atoms with E-state index < -0.39 is 17.0 Å². The molecule has 0 saturated carbocycles. The van der Waals surface area contributed by atoms with Gasteiger partial charge in [-0.15, -0.1) is 0 Å². The first-order valence-corrected chi connectivity index (χ1v) is 11.5. The Morgan fingerprint density at radius 2 is 1.92 bits per heavy atom. The van der Waals surface area contributed by atoms with Gasteiger partial charge in [-0.05, 0) is 57.0 Å². The maximum absolute atomic E-state index is 14.2. The molecule has 0 bridgehead atoms. The first-order chi connectivity index (χ1) is 17.5. The molecule has 0 unspecified atom stereocenters. The summed E-state index contributed by atoms with van der Waals surface area (Å²) in [5.74, 6) is -0.422. The minimum Gasteiger partial charge on any atom is -0.485 e. The first-order valence-electron chi connectivity index (χ1n) is 11.1. The van der Waals surface area contributed by atoms with Crippen LogP contribution in [-0.2, 0) is 12.2 Å². The van der Waals surface area contributed by atoms with Crippen molar-refractivity contribution in [2.45, 2.75) is 39.9 Å². The molecule has 4 aromatic rings. The average Bonchev–Trinajstić information content (AvgIpc) is 2.86. The summed E-state index contributed by atoms with van der Waals surface area (Å²) in [6.07, 6.45) is 4.53. The van der Waals surface area contributed by atoms with Gasteiger partial charge in [-0.2, -0.15) is 5.26 Å². The van der Waals surface area contributed by atoms with E-state index in [-0.39, 0.29) is 34.6 Å². The summed E-state index contributed by atoms with van der Waals surface area (Å²) < 4.78 is 20.9. The Balaban J connectivity index is 1.76. The Morgan fingerprint density at radius 3 is 2.59 bits per heavy atom. The molecule has 1 N–H and O–H groups in total. The van der Waals surface area contributed by atoms with Gasteiger partial charge < -0.3 is 9.84 Å². The number of nitrogens with zero attached hydrogens (tertiary/aromatic N) is 6. The standard InChI is InChI=1S/C26H22ClFN6O3/c1-14-7-17(28)20(31-11-14)13-37-22-8-16(10-29)34(24(35)23(22)27)21-9-19(32-12-15(21)2)18-5-6-30-25(33-18)26(3,4)36/h5-9,11-12,36H,13H2,1-4H3. The summed E-state index contributed by atoms with van der Waals surface area (Å²) in [4.78, 5) is 30.2. The summed E-state index contributed by atoms with van der Waals surface area (Å²) in [6, 6.07) is 7.83. The van der Waals surface area contributed by atoms with E-state index in [0.29, 0.717) is 28.2 Å². The van der Waals surface area contributed by atoms with Gasteiger partial charge in [0.2, 0.25) is 0 Å². The van der Waals surface area contributed by atoms with Crippen molar-refractivity contribution >= 4 is 11.6 Å². The minimum atomic E-state index is -1.27. The lowest BCUT2D eigenvalue weighted by Crippen LogP contribution is -2.23. The second kappa shape index (κ2) is 10.0. The van der Waals surface area contributed by atoms with Gasteiger partial charge in [-0.1, -0.05) is 11.6 Å². The SMILES string of the molecule is Cc1cnc(COc2cc(C#N)n(-c3cc(-c4ccnc(C(C)(C)O)n4)ncc3C)c(=O)c2Cl)c(F)c1. The molecule has 0 radical (unpaired) electrons. The molecule has 0 spiro atoms. The molecule has 4 rings (SSSR count). The second-order valence-corrected chi connectivity index (χ2v) is 9.25. The fourth-order valence-corrected chi connectivity index (χ4v) is 3.69. The van der Waals surface area contributed by atoms with Crippen LogP contribution < -0.4 is 10.3 Å². The van der Waals surface area contributed by atoms with Crippen LogP contribution in [-0.4, -0.2) is 29.6 Å². The quantitative estimate of drug-likeness (QED) is 0.401. The normalized spacial score (nSPS) is 11.3. The molecule has 11 heteroatoms. The molecule has 0 atom stereocenters. The molecule has 9 nitrogen and oxygen atoms in total. The average molecular weight is 521 g/mol. The van der Waals surface area contributed by atoms with Crippen LogP contribution in [0.1, 0.15) is 42.2 Å². The number of rotatable bonds is 6. The van der Waals surface area contributed by atoms with Gasteiger partial charge in [0.15, 0.2) is 5.82 Å². The van der Waals surface area contributed by atoms with Crippen LogP contribution in [0.4, 0.5) is 4.39 Å². The highest BCUT2D eigenvalue weighted by molar-refractivity contribution is 6.31. The highest BCUT2D eigenvalue weighted by atomic mass is 35.5. The number of ether oxygens (including phenoxy) is 1. The van der Waals surface area contributed by atoms with Crippen molar-refractivity contribution in [3.05, 3.63) is 92.4 Å². The van der Waals surface area contributed by atoms with Gasteiger partial charge in [0.1, 0.15) is 46.3 Å². The van der Waals surface area contributed by atoms with Gasteiger partial charge in [-0.3, -0.25) is 19.3 Å². The van der Waals surface area contributed by atoms with Gasteiger partial charge in [0.05, 0.1) is 17.1 Å². The summed E-state index contributed by atoms with van der Waals surface area (Å²) in [5, 5.41) is 19.8. The van der Waals surface area contributed by atoms with Crippen LogP contribution in [0.15, 0.2) is 47.7 Å². The molecule has 0 aromatic carbocycles. The molecule has 188 valence electrons. The van der Waals surface area contributed by atoms with Crippen molar-refractivity contribution in [1.82, 2.24) is 24.5 Å². The Kier molecular flexibility index (Phi) is 7.03. The number of nitriles is 1. The smallest absolute Gasteiger partial charge is 0.278 e. The maximum Gasteiger partial charge on any atom is 0.278 e. The van der Waals surface area contributed by atoms with Gasteiger partial charge in [0, 0.05) is 24.7 Å². The van der Waals surface area contributed by atoms with Crippen LogP contribution in [0.5, 0.6) is 5.75 Å². The molecule has 4 aromatic heterocycles. The van der Waals surface area contributed by atoms with Crippen molar-refractivity contribution in [2.75, 3.05) is 0 Å². The number of aromatic nitrogens is 5. The lowest BCUT2D eigenvalue weighted by molar-refractivity contribution is 0.0688. The Morgan fingerprint density at radius 1 is 1.16 bits per heavy atom. The zero-order chi connectivity index (χ0) is 26.9. The van der Waals surface area contributed by atoms with Crippen molar-refractivity contribution in [3.63, 3.8) is 0 Å². The predicted molar refractivity (Wildman–Crippen MR) is 134 cm³/mol. The first kappa shape index (κ1) is 25.9. The maximum atomic E-state index is 14.2. The third-order valence-corrected chi connectivity index (χ3v) is 5.78. The summed E-state index contributed by atoms with van der Waals surface area (Å²) in [5.41, 5.74) is 0.419. The number of hydrogen-bond acceptors (Lipinski definition) is 8. The zero-order valence-corrected chi connectivity index (χ0v) is 21.2. The van der Waals surface area contributed by atoms with Gasteiger partial charge in [-0.25, -0.2) is 14.4 Å². The lowest BCUT2D eigenvalue weighted by Gasteiger charge is -2.17. The Hall–Kier alpha value is -4.20. The van der Waals surface area contributed by atoms with E-state index >= 15 is 0 Å². The summed E-state index contributed by atoms with van der Waals surface area (Å²) in [6.45, 7) is 6.28. The fraction of sp³-hybridized carbons (Fsp3) is 0.231. The number of aliphatic hydroxyl groups is 1. The number of hydrogen-bond donors (Lipinski definition) is 1. The number of pyridine rings is 3. The topological polar surface area (TPSA) is 127 Å². The largest absolute Gasteiger partial charge is 0.485 e. The summed E-state index contributed by atoms with van der Waals surface area (Å²) in [7, 11) is 0. The van der Waals surface area contributed by atoms with Gasteiger partial charge in [0.25, 0.3) is 5.56 Å². The number of halogens is 2. The van der Waals surface area contributed by atoms with Crippen LogP contribution in [0.3, 0.4) is 0 Å². The van der Waals surface area contributed by atoms with Crippen LogP contribution in [0, 0.1) is 31.0 Å². The predicted octanol–water partition coefficient (Wildman–Crippen LogP) is 4.17. The van der Waals surface area contributed by atoms with E-state index in [0.717, 1.165) is 4.57 Å². The van der Waals surface area contributed by atoms with Crippen molar-refractivity contribution in [3.8, 4) is 28.9 Å². The van der Waals surface area contributed by atoms with Crippen LogP contribution in [0.2, 0.25) is 5.02 Å². The Labute approximate surface area is 216 Å². The van der Waals surface area contributed by atoms with E-state index in [4.69, 9.17) is 16.3 Å². The molecule has 0 aliphatic heterocycles. The second-order valence-electron chi connectivity index (χ2n) is 8.87. The monoisotopic (exact) mass is 520 g/mol. The molecule has 0 fully saturated rings. The minimum absolute atomic E-state index is 0.0363. The van der Waals surface area contributed by atoms with Gasteiger partial charge >= 0.3 is 0 Å². The molecule has 0 aliphatic carbocycles. The lowest BCUT2D eigenvalue weighted by atomic mass is 10.1. The molecule has 37 heavy (non-hydrogen) atoms. The summed E-state index contributed by atoms with van der Waals surface area (Å²) >= 11 is 6.34. The molecular weight excluding hydrogens is 499 g/mol. The van der Waals surface area contributed by atoms with E-state index in [1.54, 1.807) is 39.8 Å². The third-order valence-electron chi connectivity index (χ3n) is 5.43. The van der Waals surface area contributed by atoms with E-state index in [2.05, 4.69) is 19.9 Å². The van der Waals surface area contributed by atoms with Crippen molar-refractivity contribution in [2.24, 2.45) is 0 Å². The van der Waals surface area contributed by atoms with Crippen LogP contribution in [0.25, 0.3) is 17.1 Å². The van der Waals surface area contributed by atoms with E-state index in [9.17, 15) is 19.6 Å². The highest BCUT2D eigenvalue weighted by Crippen LogP contribution is 2.27. The Bertz CT molecular complexity index is 1610. The molecular formula is C26H22ClFN6O3. The third kappa shape index (κ3) is 5.33. The molecule has 4 heterocycles. The fourth-order valence-electron chi connectivity index (χ4n) is 3.50. The van der Waals surface area contributed by atoms with Crippen molar-refractivity contribution in [1.29, 1.82) is 5.26 Å². The highest BCUT2D eigenvalue weighted by Gasteiger charge is 2.22. The molecule has 0 aliphatic rings. The molecule has 0 saturated heterocycles. The van der Waals surface area contributed by atoms with Crippen LogP contribution >= 0.6 is 11.6 Å². The van der Waals surface area contributed by atoms with Crippen molar-refractivity contribution < 1.29 is 14.2 Å². The number of aryl methyl sites for hydroxylation is 2.